The number of rotatable bonds is 6. The van der Waals surface area contributed by atoms with Crippen molar-refractivity contribution >= 4 is 29.9 Å². The number of carbonyl (C=O) groups is 1. The molecular weight excluding hydrogens is 361 g/mol. The van der Waals surface area contributed by atoms with Crippen molar-refractivity contribution in [2.24, 2.45) is 5.92 Å². The number of hydrogen-bond acceptors (Lipinski definition) is 4. The summed E-state index contributed by atoms with van der Waals surface area (Å²) in [7, 11) is 0. The molecule has 0 spiro atoms. The monoisotopic (exact) mass is 387 g/mol. The number of nitrogens with one attached hydrogen (secondary N) is 3. The van der Waals surface area contributed by atoms with E-state index in [1.807, 2.05) is 12.1 Å². The van der Waals surface area contributed by atoms with Gasteiger partial charge in [-0.15, -0.1) is 12.4 Å². The van der Waals surface area contributed by atoms with E-state index in [0.717, 1.165) is 26.3 Å². The molecule has 3 N–H and O–H groups in total. The van der Waals surface area contributed by atoms with Gasteiger partial charge in [-0.1, -0.05) is 30.2 Å². The zero-order valence-corrected chi connectivity index (χ0v) is 15.9. The third-order valence-electron chi connectivity index (χ3n) is 4.97. The highest BCUT2D eigenvalue weighted by atomic mass is 35.5. The first-order chi connectivity index (χ1) is 11.8. The van der Waals surface area contributed by atoms with E-state index in [0.29, 0.717) is 35.1 Å². The summed E-state index contributed by atoms with van der Waals surface area (Å²) in [6, 6.07) is 8.08. The third-order valence-corrected chi connectivity index (χ3v) is 5.30. The molecule has 25 heavy (non-hydrogen) atoms. The molecule has 7 heteroatoms. The minimum Gasteiger partial charge on any atom is -0.379 e. The Morgan fingerprint density at radius 1 is 1.28 bits per heavy atom. The van der Waals surface area contributed by atoms with Crippen molar-refractivity contribution in [2.45, 2.75) is 31.3 Å². The second-order valence-corrected chi connectivity index (χ2v) is 6.93. The first-order valence-electron chi connectivity index (χ1n) is 8.83. The quantitative estimate of drug-likeness (QED) is 0.655. The number of carbonyl (C=O) groups excluding carboxylic acids is 1. The molecule has 140 valence electrons. The molecule has 3 atom stereocenters. The third kappa shape index (κ3) is 5.56. The number of hydrogen-bond donors (Lipinski definition) is 3. The second-order valence-electron chi connectivity index (χ2n) is 6.53. The Balaban J connectivity index is 0.00000225. The molecule has 0 bridgehead atoms. The second kappa shape index (κ2) is 10.3. The van der Waals surface area contributed by atoms with E-state index in [1.54, 1.807) is 12.1 Å². The molecule has 2 aliphatic rings. The molecule has 1 saturated heterocycles. The van der Waals surface area contributed by atoms with E-state index in [-0.39, 0.29) is 18.3 Å². The van der Waals surface area contributed by atoms with Crippen LogP contribution in [0.15, 0.2) is 24.3 Å². The van der Waals surface area contributed by atoms with Crippen LogP contribution in [0.3, 0.4) is 0 Å². The predicted octanol–water partition coefficient (Wildman–Crippen LogP) is 2.24. The highest BCUT2D eigenvalue weighted by Crippen LogP contribution is 2.29. The van der Waals surface area contributed by atoms with Crippen LogP contribution in [-0.4, -0.2) is 50.8 Å². The summed E-state index contributed by atoms with van der Waals surface area (Å²) in [6.07, 6.45) is 3.69. The Morgan fingerprint density at radius 3 is 2.88 bits per heavy atom. The zero-order valence-electron chi connectivity index (χ0n) is 14.3. The van der Waals surface area contributed by atoms with Gasteiger partial charge in [-0.3, -0.25) is 4.79 Å². The Bertz CT molecular complexity index is 553. The highest BCUT2D eigenvalue weighted by Gasteiger charge is 2.34. The number of halogens is 2. The normalized spacial score (nSPS) is 26.0. The summed E-state index contributed by atoms with van der Waals surface area (Å²) in [5, 5.41) is 10.6. The topological polar surface area (TPSA) is 62.4 Å². The Kier molecular flexibility index (Phi) is 8.46. The van der Waals surface area contributed by atoms with Crippen LogP contribution in [0.4, 0.5) is 0 Å². The van der Waals surface area contributed by atoms with Crippen molar-refractivity contribution in [1.29, 1.82) is 0 Å². The van der Waals surface area contributed by atoms with Crippen LogP contribution in [0.25, 0.3) is 0 Å². The molecular formula is C18H27Cl2N3O2. The Labute approximate surface area is 160 Å². The smallest absolute Gasteiger partial charge is 0.252 e. The van der Waals surface area contributed by atoms with Crippen LogP contribution in [-0.2, 0) is 4.74 Å². The first kappa shape index (κ1) is 20.5. The molecule has 1 aromatic carbocycles. The zero-order chi connectivity index (χ0) is 16.8. The largest absolute Gasteiger partial charge is 0.379 e. The number of benzene rings is 1. The average Bonchev–Trinajstić information content (AvgIpc) is 3.08. The SMILES string of the molecule is Cl.O=C(NCCNC1CCCC1C1COCCN1)c1ccccc1Cl. The summed E-state index contributed by atoms with van der Waals surface area (Å²) >= 11 is 6.05. The van der Waals surface area contributed by atoms with Gasteiger partial charge in [0.15, 0.2) is 0 Å². The van der Waals surface area contributed by atoms with Crippen molar-refractivity contribution in [1.82, 2.24) is 16.0 Å². The molecule has 5 nitrogen and oxygen atoms in total. The fourth-order valence-electron chi connectivity index (χ4n) is 3.76. The first-order valence-corrected chi connectivity index (χ1v) is 9.21. The van der Waals surface area contributed by atoms with Crippen molar-refractivity contribution in [3.05, 3.63) is 34.9 Å². The minimum atomic E-state index is -0.118. The maximum Gasteiger partial charge on any atom is 0.252 e. The van der Waals surface area contributed by atoms with Gasteiger partial charge in [0, 0.05) is 31.7 Å². The minimum absolute atomic E-state index is 0. The average molecular weight is 388 g/mol. The summed E-state index contributed by atoms with van der Waals surface area (Å²) < 4.78 is 5.60. The molecule has 1 aliphatic carbocycles. The van der Waals surface area contributed by atoms with Crippen LogP contribution in [0.1, 0.15) is 29.6 Å². The van der Waals surface area contributed by atoms with Crippen molar-refractivity contribution in [3.63, 3.8) is 0 Å². The van der Waals surface area contributed by atoms with Crippen molar-refractivity contribution in [2.75, 3.05) is 32.8 Å². The van der Waals surface area contributed by atoms with Gasteiger partial charge in [0.2, 0.25) is 0 Å². The van der Waals surface area contributed by atoms with Crippen LogP contribution >= 0.6 is 24.0 Å². The van der Waals surface area contributed by atoms with Gasteiger partial charge >= 0.3 is 0 Å². The predicted molar refractivity (Wildman–Crippen MR) is 103 cm³/mol. The number of morpholine rings is 1. The van der Waals surface area contributed by atoms with Gasteiger partial charge in [0.05, 0.1) is 23.8 Å². The molecule has 1 saturated carbocycles. The molecule has 3 rings (SSSR count). The number of ether oxygens (including phenoxy) is 1. The van der Waals surface area contributed by atoms with Gasteiger partial charge in [-0.25, -0.2) is 0 Å². The fraction of sp³-hybridized carbons (Fsp3) is 0.611. The Morgan fingerprint density at radius 2 is 2.12 bits per heavy atom. The maximum atomic E-state index is 12.1. The van der Waals surface area contributed by atoms with Crippen molar-refractivity contribution < 1.29 is 9.53 Å². The molecule has 1 aromatic rings. The van der Waals surface area contributed by atoms with Crippen LogP contribution < -0.4 is 16.0 Å². The number of amides is 1. The van der Waals surface area contributed by atoms with Crippen LogP contribution in [0.5, 0.6) is 0 Å². The lowest BCUT2D eigenvalue weighted by Crippen LogP contribution is -2.51. The lowest BCUT2D eigenvalue weighted by atomic mass is 9.94. The molecule has 1 heterocycles. The molecule has 0 aromatic heterocycles. The van der Waals surface area contributed by atoms with Gasteiger partial charge in [0.1, 0.15) is 0 Å². The van der Waals surface area contributed by atoms with E-state index < -0.39 is 0 Å². The summed E-state index contributed by atoms with van der Waals surface area (Å²) in [5.74, 6) is 0.497. The highest BCUT2D eigenvalue weighted by molar-refractivity contribution is 6.33. The van der Waals surface area contributed by atoms with E-state index in [1.165, 1.54) is 19.3 Å². The summed E-state index contributed by atoms with van der Waals surface area (Å²) in [4.78, 5) is 12.1. The van der Waals surface area contributed by atoms with Gasteiger partial charge in [-0.2, -0.15) is 0 Å². The summed E-state index contributed by atoms with van der Waals surface area (Å²) in [5.41, 5.74) is 0.529. The van der Waals surface area contributed by atoms with Gasteiger partial charge < -0.3 is 20.7 Å². The van der Waals surface area contributed by atoms with E-state index in [4.69, 9.17) is 16.3 Å². The van der Waals surface area contributed by atoms with Gasteiger partial charge in [-0.05, 0) is 30.9 Å². The lowest BCUT2D eigenvalue weighted by Gasteiger charge is -2.33. The maximum absolute atomic E-state index is 12.1. The van der Waals surface area contributed by atoms with Crippen LogP contribution in [0, 0.1) is 5.92 Å². The van der Waals surface area contributed by atoms with Crippen LogP contribution in [0.2, 0.25) is 5.02 Å². The molecule has 1 aliphatic heterocycles. The van der Waals surface area contributed by atoms with E-state index >= 15 is 0 Å². The van der Waals surface area contributed by atoms with E-state index in [9.17, 15) is 4.79 Å². The molecule has 3 unspecified atom stereocenters. The fourth-order valence-corrected chi connectivity index (χ4v) is 3.98. The van der Waals surface area contributed by atoms with Gasteiger partial charge in [0.25, 0.3) is 5.91 Å². The molecule has 2 fully saturated rings. The molecule has 1 amide bonds. The summed E-state index contributed by atoms with van der Waals surface area (Å²) in [6.45, 7) is 3.94. The molecule has 0 radical (unpaired) electrons. The van der Waals surface area contributed by atoms with Crippen molar-refractivity contribution in [3.8, 4) is 0 Å². The lowest BCUT2D eigenvalue weighted by molar-refractivity contribution is 0.0526. The standard InChI is InChI=1S/C18H26ClN3O2.ClH/c19-15-6-2-1-4-13(15)18(23)22-9-8-20-16-7-3-5-14(16)17-12-24-11-10-21-17;/h1-2,4,6,14,16-17,20-21H,3,5,7-12H2,(H,22,23);1H. The van der Waals surface area contributed by atoms with E-state index in [2.05, 4.69) is 16.0 Å². The Hall–Kier alpha value is -0.850.